The van der Waals surface area contributed by atoms with Gasteiger partial charge >= 0.3 is 0 Å². The number of nitrogens with one attached hydrogen (secondary N) is 1. The van der Waals surface area contributed by atoms with E-state index in [-0.39, 0.29) is 17.3 Å². The van der Waals surface area contributed by atoms with Crippen LogP contribution in [0.1, 0.15) is 37.6 Å². The first-order chi connectivity index (χ1) is 9.52. The number of anilines is 1. The number of rotatable bonds is 3. The summed E-state index contributed by atoms with van der Waals surface area (Å²) in [5, 5.41) is 2.83. The number of halogens is 1. The summed E-state index contributed by atoms with van der Waals surface area (Å²) in [6.07, 6.45) is 2.59. The Morgan fingerprint density at radius 3 is 2.70 bits per heavy atom. The van der Waals surface area contributed by atoms with Gasteiger partial charge in [-0.1, -0.05) is 13.8 Å². The Hall–Kier alpha value is -1.65. The lowest BCUT2D eigenvalue weighted by Gasteiger charge is -2.35. The molecule has 4 nitrogen and oxygen atoms in total. The van der Waals surface area contributed by atoms with Crippen LogP contribution in [0.25, 0.3) is 0 Å². The standard InChI is InChI=1S/C15H22FN3O/c1-4-17-14-13(16)12(5-6-18-14)15(20)19-8-10(2)7-11(3)9-19/h5-6,10-11H,4,7-9H2,1-3H3,(H,17,18). The molecule has 1 aliphatic rings. The predicted molar refractivity (Wildman–Crippen MR) is 77.2 cm³/mol. The number of carbonyl (C=O) groups is 1. The van der Waals surface area contributed by atoms with Crippen molar-refractivity contribution in [2.75, 3.05) is 25.0 Å². The molecule has 0 bridgehead atoms. The van der Waals surface area contributed by atoms with Crippen molar-refractivity contribution in [1.29, 1.82) is 0 Å². The van der Waals surface area contributed by atoms with E-state index >= 15 is 0 Å². The quantitative estimate of drug-likeness (QED) is 0.925. The first-order valence-electron chi connectivity index (χ1n) is 7.20. The molecule has 0 aromatic carbocycles. The Bertz CT molecular complexity index is 482. The van der Waals surface area contributed by atoms with Crippen molar-refractivity contribution in [3.63, 3.8) is 0 Å². The van der Waals surface area contributed by atoms with Crippen LogP contribution < -0.4 is 5.32 Å². The van der Waals surface area contributed by atoms with Gasteiger partial charge in [-0.25, -0.2) is 9.37 Å². The van der Waals surface area contributed by atoms with E-state index < -0.39 is 5.82 Å². The van der Waals surface area contributed by atoms with Crippen LogP contribution in [0.15, 0.2) is 12.3 Å². The van der Waals surface area contributed by atoms with E-state index in [0.29, 0.717) is 31.5 Å². The molecule has 1 aliphatic heterocycles. The van der Waals surface area contributed by atoms with E-state index in [2.05, 4.69) is 24.1 Å². The van der Waals surface area contributed by atoms with Gasteiger partial charge in [-0.05, 0) is 31.2 Å². The molecule has 1 N–H and O–H groups in total. The van der Waals surface area contributed by atoms with Crippen LogP contribution >= 0.6 is 0 Å². The number of nitrogens with zero attached hydrogens (tertiary/aromatic N) is 2. The maximum absolute atomic E-state index is 14.3. The van der Waals surface area contributed by atoms with Crippen molar-refractivity contribution < 1.29 is 9.18 Å². The summed E-state index contributed by atoms with van der Waals surface area (Å²) in [4.78, 5) is 18.2. The summed E-state index contributed by atoms with van der Waals surface area (Å²) < 4.78 is 14.3. The Labute approximate surface area is 119 Å². The molecule has 2 unspecified atom stereocenters. The lowest BCUT2D eigenvalue weighted by Crippen LogP contribution is -2.42. The van der Waals surface area contributed by atoms with E-state index in [1.165, 1.54) is 12.3 Å². The highest BCUT2D eigenvalue weighted by Crippen LogP contribution is 2.24. The number of amides is 1. The zero-order chi connectivity index (χ0) is 14.7. The molecule has 0 aliphatic carbocycles. The van der Waals surface area contributed by atoms with Gasteiger partial charge in [-0.2, -0.15) is 0 Å². The second-order valence-electron chi connectivity index (χ2n) is 5.71. The number of pyridine rings is 1. The number of hydrogen-bond donors (Lipinski definition) is 1. The van der Waals surface area contributed by atoms with Crippen molar-refractivity contribution >= 4 is 11.7 Å². The number of piperidine rings is 1. The van der Waals surface area contributed by atoms with E-state index in [9.17, 15) is 9.18 Å². The molecular formula is C15H22FN3O. The summed E-state index contributed by atoms with van der Waals surface area (Å²) in [6, 6.07) is 1.46. The van der Waals surface area contributed by atoms with Gasteiger partial charge < -0.3 is 10.2 Å². The fourth-order valence-electron chi connectivity index (χ4n) is 2.90. The molecule has 5 heteroatoms. The molecule has 1 saturated heterocycles. The highest BCUT2D eigenvalue weighted by Gasteiger charge is 2.28. The van der Waals surface area contributed by atoms with Gasteiger partial charge in [0.2, 0.25) is 0 Å². The molecule has 0 radical (unpaired) electrons. The number of hydrogen-bond acceptors (Lipinski definition) is 3. The average molecular weight is 279 g/mol. The van der Waals surface area contributed by atoms with Crippen molar-refractivity contribution in [3.8, 4) is 0 Å². The predicted octanol–water partition coefficient (Wildman–Crippen LogP) is 2.77. The monoisotopic (exact) mass is 279 g/mol. The Balaban J connectivity index is 2.22. The zero-order valence-electron chi connectivity index (χ0n) is 12.3. The fraction of sp³-hybridized carbons (Fsp3) is 0.600. The van der Waals surface area contributed by atoms with Crippen molar-refractivity contribution in [3.05, 3.63) is 23.6 Å². The molecule has 20 heavy (non-hydrogen) atoms. The van der Waals surface area contributed by atoms with Crippen LogP contribution in [0.5, 0.6) is 0 Å². The Morgan fingerprint density at radius 2 is 2.10 bits per heavy atom. The third-order valence-electron chi connectivity index (χ3n) is 3.62. The topological polar surface area (TPSA) is 45.2 Å². The zero-order valence-corrected chi connectivity index (χ0v) is 12.3. The summed E-state index contributed by atoms with van der Waals surface area (Å²) in [6.45, 7) is 8.08. The highest BCUT2D eigenvalue weighted by atomic mass is 19.1. The highest BCUT2D eigenvalue weighted by molar-refractivity contribution is 5.95. The third-order valence-corrected chi connectivity index (χ3v) is 3.62. The maximum Gasteiger partial charge on any atom is 0.257 e. The van der Waals surface area contributed by atoms with E-state index in [1.807, 2.05) is 6.92 Å². The van der Waals surface area contributed by atoms with Crippen molar-refractivity contribution in [2.24, 2.45) is 11.8 Å². The van der Waals surface area contributed by atoms with Crippen LogP contribution in [0, 0.1) is 17.7 Å². The molecule has 1 fully saturated rings. The van der Waals surface area contributed by atoms with Gasteiger partial charge in [0.25, 0.3) is 5.91 Å². The minimum Gasteiger partial charge on any atom is -0.368 e. The van der Waals surface area contributed by atoms with E-state index in [1.54, 1.807) is 4.90 Å². The van der Waals surface area contributed by atoms with Crippen LogP contribution in [-0.4, -0.2) is 35.4 Å². The van der Waals surface area contributed by atoms with Gasteiger partial charge in [0.05, 0.1) is 5.56 Å². The van der Waals surface area contributed by atoms with E-state index in [4.69, 9.17) is 0 Å². The normalized spacial score (nSPS) is 22.7. The number of likely N-dealkylation sites (tertiary alicyclic amines) is 1. The van der Waals surface area contributed by atoms with Crippen molar-refractivity contribution in [1.82, 2.24) is 9.88 Å². The summed E-state index contributed by atoms with van der Waals surface area (Å²) in [7, 11) is 0. The molecule has 1 aromatic heterocycles. The molecule has 1 amide bonds. The average Bonchev–Trinajstić information content (AvgIpc) is 2.39. The van der Waals surface area contributed by atoms with Gasteiger partial charge in [0, 0.05) is 25.8 Å². The second-order valence-corrected chi connectivity index (χ2v) is 5.71. The minimum absolute atomic E-state index is 0.109. The molecule has 2 atom stereocenters. The first kappa shape index (κ1) is 14.8. The van der Waals surface area contributed by atoms with E-state index in [0.717, 1.165) is 6.42 Å². The molecule has 0 saturated carbocycles. The lowest BCUT2D eigenvalue weighted by atomic mass is 9.91. The van der Waals surface area contributed by atoms with Gasteiger partial charge in [0.1, 0.15) is 0 Å². The lowest BCUT2D eigenvalue weighted by molar-refractivity contribution is 0.0618. The summed E-state index contributed by atoms with van der Waals surface area (Å²) in [5.41, 5.74) is 0.109. The van der Waals surface area contributed by atoms with Crippen molar-refractivity contribution in [2.45, 2.75) is 27.2 Å². The van der Waals surface area contributed by atoms with Crippen LogP contribution in [0.2, 0.25) is 0 Å². The van der Waals surface area contributed by atoms with Gasteiger partial charge in [-0.3, -0.25) is 4.79 Å². The van der Waals surface area contributed by atoms with Gasteiger partial charge in [0.15, 0.2) is 11.6 Å². The SMILES string of the molecule is CCNc1nccc(C(=O)N2CC(C)CC(C)C2)c1F. The molecular weight excluding hydrogens is 257 g/mol. The molecule has 1 aromatic rings. The molecule has 0 spiro atoms. The first-order valence-corrected chi connectivity index (χ1v) is 7.20. The number of carbonyl (C=O) groups excluding carboxylic acids is 1. The van der Waals surface area contributed by atoms with Crippen LogP contribution in [-0.2, 0) is 0 Å². The summed E-state index contributed by atoms with van der Waals surface area (Å²) in [5.74, 6) is 0.283. The van der Waals surface area contributed by atoms with Crippen LogP contribution in [0.4, 0.5) is 10.2 Å². The largest absolute Gasteiger partial charge is 0.368 e. The maximum atomic E-state index is 14.3. The minimum atomic E-state index is -0.551. The van der Waals surface area contributed by atoms with Crippen LogP contribution in [0.3, 0.4) is 0 Å². The smallest absolute Gasteiger partial charge is 0.257 e. The van der Waals surface area contributed by atoms with Gasteiger partial charge in [-0.15, -0.1) is 0 Å². The number of aromatic nitrogens is 1. The fourth-order valence-corrected chi connectivity index (χ4v) is 2.90. The Kier molecular flexibility index (Phi) is 4.57. The molecule has 2 rings (SSSR count). The Morgan fingerprint density at radius 1 is 1.45 bits per heavy atom. The second kappa shape index (κ2) is 6.20. The third kappa shape index (κ3) is 3.08. The molecule has 110 valence electrons. The summed E-state index contributed by atoms with van der Waals surface area (Å²) >= 11 is 0. The molecule has 2 heterocycles.